The maximum atomic E-state index is 12.9. The van der Waals surface area contributed by atoms with Crippen LogP contribution in [-0.4, -0.2) is 37.2 Å². The van der Waals surface area contributed by atoms with Crippen molar-refractivity contribution in [3.63, 3.8) is 0 Å². The number of allylic oxidation sites excluding steroid dienone is 22. The molecule has 1 atom stereocenters. The molecule has 1 unspecified atom stereocenters. The van der Waals surface area contributed by atoms with Gasteiger partial charge in [-0.05, 0) is 116 Å². The van der Waals surface area contributed by atoms with Gasteiger partial charge in [-0.3, -0.25) is 14.4 Å². The second-order valence-corrected chi connectivity index (χ2v) is 19.9. The summed E-state index contributed by atoms with van der Waals surface area (Å²) in [6.07, 6.45) is 87.4. The quantitative estimate of drug-likeness (QED) is 0.0261. The molecule has 0 saturated heterocycles. The molecule has 6 heteroatoms. The van der Waals surface area contributed by atoms with E-state index in [4.69, 9.17) is 14.2 Å². The van der Waals surface area contributed by atoms with Crippen LogP contribution in [0.3, 0.4) is 0 Å². The van der Waals surface area contributed by atoms with Gasteiger partial charge < -0.3 is 14.2 Å². The molecule has 0 bridgehead atoms. The molecule has 0 fully saturated rings. The monoisotopic (exact) mass is 1040 g/mol. The summed E-state index contributed by atoms with van der Waals surface area (Å²) in [7, 11) is 0. The number of hydrogen-bond donors (Lipinski definition) is 0. The van der Waals surface area contributed by atoms with Gasteiger partial charge >= 0.3 is 17.9 Å². The highest BCUT2D eigenvalue weighted by Crippen LogP contribution is 2.14. The van der Waals surface area contributed by atoms with Gasteiger partial charge in [-0.15, -0.1) is 0 Å². The summed E-state index contributed by atoms with van der Waals surface area (Å²) in [6.45, 7) is 6.44. The second kappa shape index (κ2) is 62.1. The van der Waals surface area contributed by atoms with Crippen molar-refractivity contribution in [1.29, 1.82) is 0 Å². The lowest BCUT2D eigenvalue weighted by molar-refractivity contribution is -0.167. The Labute approximate surface area is 462 Å². The van der Waals surface area contributed by atoms with Crippen LogP contribution in [0, 0.1) is 0 Å². The zero-order chi connectivity index (χ0) is 54.3. The van der Waals surface area contributed by atoms with Crippen molar-refractivity contribution in [3.8, 4) is 0 Å². The van der Waals surface area contributed by atoms with E-state index in [0.717, 1.165) is 116 Å². The molecular formula is C69H112O6. The molecule has 0 aliphatic carbocycles. The minimum Gasteiger partial charge on any atom is -0.462 e. The molecule has 0 aromatic heterocycles. The second-order valence-electron chi connectivity index (χ2n) is 19.9. The fourth-order valence-corrected chi connectivity index (χ4v) is 8.06. The van der Waals surface area contributed by atoms with Crippen LogP contribution in [0.4, 0.5) is 0 Å². The summed E-state index contributed by atoms with van der Waals surface area (Å²) >= 11 is 0. The van der Waals surface area contributed by atoms with Crippen LogP contribution < -0.4 is 0 Å². The molecule has 0 rings (SSSR count). The van der Waals surface area contributed by atoms with Crippen molar-refractivity contribution < 1.29 is 28.6 Å². The zero-order valence-corrected chi connectivity index (χ0v) is 48.5. The smallest absolute Gasteiger partial charge is 0.306 e. The number of carbonyl (C=O) groups excluding carboxylic acids is 3. The fourth-order valence-electron chi connectivity index (χ4n) is 8.06. The van der Waals surface area contributed by atoms with Gasteiger partial charge in [0.1, 0.15) is 13.2 Å². The van der Waals surface area contributed by atoms with E-state index < -0.39 is 6.10 Å². The van der Waals surface area contributed by atoms with E-state index in [1.54, 1.807) is 0 Å². The van der Waals surface area contributed by atoms with Crippen molar-refractivity contribution in [1.82, 2.24) is 0 Å². The predicted molar refractivity (Wildman–Crippen MR) is 325 cm³/mol. The third-order valence-corrected chi connectivity index (χ3v) is 12.6. The van der Waals surface area contributed by atoms with Crippen LogP contribution in [0.1, 0.15) is 265 Å². The highest BCUT2D eigenvalue weighted by molar-refractivity contribution is 5.71. The van der Waals surface area contributed by atoms with E-state index in [9.17, 15) is 14.4 Å². The first-order valence-corrected chi connectivity index (χ1v) is 30.7. The minimum atomic E-state index is -0.809. The molecule has 0 radical (unpaired) electrons. The molecule has 0 saturated carbocycles. The normalized spacial score (nSPS) is 13.1. The first kappa shape index (κ1) is 70.5. The van der Waals surface area contributed by atoms with E-state index in [1.807, 2.05) is 0 Å². The van der Waals surface area contributed by atoms with E-state index in [1.165, 1.54) is 103 Å². The topological polar surface area (TPSA) is 78.9 Å². The SMILES string of the molecule is CC/C=C\C/C=C\C/C=C\C/C=C\C/C=C\C/C=C\C/C=C\C/C=C\C/C=C\CCCC(=O)OCC(COC(=O)CCCCCCCCCCCCC)OC(=O)CCCCCCCCC/C=C\C/C=C\CCCCC. The Bertz CT molecular complexity index is 1620. The van der Waals surface area contributed by atoms with Gasteiger partial charge in [-0.25, -0.2) is 0 Å². The summed E-state index contributed by atoms with van der Waals surface area (Å²) in [4.78, 5) is 38.2. The van der Waals surface area contributed by atoms with E-state index >= 15 is 0 Å². The third-order valence-electron chi connectivity index (χ3n) is 12.6. The molecule has 0 spiro atoms. The standard InChI is InChI=1S/C69H112O6/c1-4-7-10-13-16-19-22-24-26-28-29-30-31-32-33-34-35-36-37-38-39-41-42-44-47-50-53-56-59-62-68(71)74-65-66(64-73-67(70)61-58-55-52-49-46-21-18-15-12-9-6-3)75-69(72)63-60-57-54-51-48-45-43-40-27-25-23-20-17-14-11-8-5-2/h7,10,16-17,19-20,24-27,29-30,32-33,35-36,38-39,42,44,50,53,66H,4-6,8-9,11-15,18,21-23,28,31,34,37,40-41,43,45-49,51-52,54-65H2,1-3H3/b10-7-,19-16-,20-17-,26-24-,27-25-,30-29-,33-32-,36-35-,39-38-,44-42-,53-50-. The Morgan fingerprint density at radius 2 is 0.533 bits per heavy atom. The lowest BCUT2D eigenvalue weighted by atomic mass is 10.1. The first-order valence-electron chi connectivity index (χ1n) is 30.7. The number of hydrogen-bond acceptors (Lipinski definition) is 6. The fraction of sp³-hybridized carbons (Fsp3) is 0.638. The van der Waals surface area contributed by atoms with Gasteiger partial charge in [0, 0.05) is 19.3 Å². The highest BCUT2D eigenvalue weighted by Gasteiger charge is 2.19. The molecule has 424 valence electrons. The van der Waals surface area contributed by atoms with Gasteiger partial charge in [0.05, 0.1) is 0 Å². The molecule has 75 heavy (non-hydrogen) atoms. The molecule has 0 aliphatic rings. The Kier molecular flexibility index (Phi) is 58.4. The molecule has 0 amide bonds. The maximum Gasteiger partial charge on any atom is 0.306 e. The van der Waals surface area contributed by atoms with Crippen molar-refractivity contribution >= 4 is 17.9 Å². The first-order chi connectivity index (χ1) is 37.0. The average molecular weight is 1040 g/mol. The summed E-state index contributed by atoms with van der Waals surface area (Å²) < 4.78 is 16.8. The van der Waals surface area contributed by atoms with Crippen molar-refractivity contribution in [2.45, 2.75) is 271 Å². The third kappa shape index (κ3) is 60.3. The summed E-state index contributed by atoms with van der Waals surface area (Å²) in [6, 6.07) is 0. The van der Waals surface area contributed by atoms with Crippen LogP contribution in [0.5, 0.6) is 0 Å². The lowest BCUT2D eigenvalue weighted by Gasteiger charge is -2.18. The van der Waals surface area contributed by atoms with Crippen LogP contribution in [0.2, 0.25) is 0 Å². The van der Waals surface area contributed by atoms with E-state index in [0.29, 0.717) is 19.3 Å². The van der Waals surface area contributed by atoms with Gasteiger partial charge in [0.15, 0.2) is 6.10 Å². The number of esters is 3. The number of ether oxygens (including phenoxy) is 3. The van der Waals surface area contributed by atoms with Gasteiger partial charge in [-0.1, -0.05) is 264 Å². The van der Waals surface area contributed by atoms with Crippen molar-refractivity contribution in [2.75, 3.05) is 13.2 Å². The van der Waals surface area contributed by atoms with Gasteiger partial charge in [-0.2, -0.15) is 0 Å². The number of unbranched alkanes of at least 4 members (excludes halogenated alkanes) is 21. The maximum absolute atomic E-state index is 12.9. The molecule has 0 heterocycles. The van der Waals surface area contributed by atoms with Crippen LogP contribution in [0.15, 0.2) is 134 Å². The molecular weight excluding hydrogens is 925 g/mol. The Balaban J connectivity index is 4.42. The molecule has 0 N–H and O–H groups in total. The van der Waals surface area contributed by atoms with Crippen LogP contribution >= 0.6 is 0 Å². The van der Waals surface area contributed by atoms with Crippen LogP contribution in [-0.2, 0) is 28.6 Å². The summed E-state index contributed by atoms with van der Waals surface area (Å²) in [5.41, 5.74) is 0. The largest absolute Gasteiger partial charge is 0.462 e. The molecule has 0 aromatic rings. The summed E-state index contributed by atoms with van der Waals surface area (Å²) in [5.74, 6) is -0.973. The minimum absolute atomic E-state index is 0.101. The Hall–Kier alpha value is -4.45. The van der Waals surface area contributed by atoms with Gasteiger partial charge in [0.25, 0.3) is 0 Å². The molecule has 0 aliphatic heterocycles. The average Bonchev–Trinajstić information content (AvgIpc) is 3.41. The molecule has 0 aromatic carbocycles. The number of rotatable bonds is 54. The lowest BCUT2D eigenvalue weighted by Crippen LogP contribution is -2.30. The van der Waals surface area contributed by atoms with Crippen LogP contribution in [0.25, 0.3) is 0 Å². The molecule has 6 nitrogen and oxygen atoms in total. The Morgan fingerprint density at radius 3 is 0.893 bits per heavy atom. The highest BCUT2D eigenvalue weighted by atomic mass is 16.6. The summed E-state index contributed by atoms with van der Waals surface area (Å²) in [5, 5.41) is 0. The number of carbonyl (C=O) groups is 3. The van der Waals surface area contributed by atoms with E-state index in [2.05, 4.69) is 154 Å². The van der Waals surface area contributed by atoms with Gasteiger partial charge in [0.2, 0.25) is 0 Å². The van der Waals surface area contributed by atoms with E-state index in [-0.39, 0.29) is 37.5 Å². The predicted octanol–water partition coefficient (Wildman–Crippen LogP) is 21.0. The zero-order valence-electron chi connectivity index (χ0n) is 48.5. The van der Waals surface area contributed by atoms with Crippen molar-refractivity contribution in [3.05, 3.63) is 134 Å². The van der Waals surface area contributed by atoms with Crippen molar-refractivity contribution in [2.24, 2.45) is 0 Å². The Morgan fingerprint density at radius 1 is 0.280 bits per heavy atom.